The zero-order valence-corrected chi connectivity index (χ0v) is 24.7. The Labute approximate surface area is 246 Å². The van der Waals surface area contributed by atoms with Gasteiger partial charge in [-0.2, -0.15) is 0 Å². The minimum absolute atomic E-state index is 0.000228. The number of anilines is 2. The first-order chi connectivity index (χ1) is 20.4. The molecule has 3 aromatic rings. The summed E-state index contributed by atoms with van der Waals surface area (Å²) in [7, 11) is 7.84. The van der Waals surface area contributed by atoms with Gasteiger partial charge >= 0.3 is 0 Å². The van der Waals surface area contributed by atoms with Crippen molar-refractivity contribution >= 4 is 23.1 Å². The Hall–Kier alpha value is -4.66. The summed E-state index contributed by atoms with van der Waals surface area (Å²) >= 11 is 0. The lowest BCUT2D eigenvalue weighted by molar-refractivity contribution is -0.123. The van der Waals surface area contributed by atoms with Crippen LogP contribution in [0, 0.1) is 5.92 Å². The fourth-order valence-electron chi connectivity index (χ4n) is 5.97. The first kappa shape index (κ1) is 28.9. The maximum absolute atomic E-state index is 14.3. The fourth-order valence-corrected chi connectivity index (χ4v) is 5.97. The van der Waals surface area contributed by atoms with Crippen LogP contribution < -0.4 is 33.9 Å². The molecule has 1 amide bonds. The SMILES string of the molecule is CCC(=O)N1c2ccccc2NC2=C[C@H](c3cc(OC)c(OC)c(OC)c3)CC(=O)[C@@H]2[C@H]1c1ccc(OC)c(OC)c1. The van der Waals surface area contributed by atoms with Crippen LogP contribution in [-0.4, -0.2) is 47.2 Å². The molecule has 1 heterocycles. The van der Waals surface area contributed by atoms with Crippen molar-refractivity contribution < 1.29 is 33.3 Å². The molecule has 9 heteroatoms. The summed E-state index contributed by atoms with van der Waals surface area (Å²) in [4.78, 5) is 29.7. The number of nitrogens with one attached hydrogen (secondary N) is 1. The first-order valence-corrected chi connectivity index (χ1v) is 13.8. The zero-order chi connectivity index (χ0) is 30.0. The van der Waals surface area contributed by atoms with Gasteiger partial charge < -0.3 is 33.9 Å². The molecule has 0 unspecified atom stereocenters. The van der Waals surface area contributed by atoms with E-state index < -0.39 is 12.0 Å². The summed E-state index contributed by atoms with van der Waals surface area (Å²) < 4.78 is 27.8. The molecule has 0 radical (unpaired) electrons. The maximum Gasteiger partial charge on any atom is 0.227 e. The van der Waals surface area contributed by atoms with Gasteiger partial charge in [0.05, 0.1) is 58.9 Å². The molecule has 3 atom stereocenters. The van der Waals surface area contributed by atoms with E-state index in [1.165, 1.54) is 0 Å². The number of rotatable bonds is 8. The van der Waals surface area contributed by atoms with Crippen LogP contribution in [0.15, 0.2) is 66.4 Å². The molecule has 2 aliphatic rings. The third kappa shape index (κ3) is 5.00. The van der Waals surface area contributed by atoms with E-state index >= 15 is 0 Å². The Kier molecular flexibility index (Phi) is 8.29. The number of ketones is 1. The summed E-state index contributed by atoms with van der Waals surface area (Å²) in [5.41, 5.74) is 3.80. The number of benzene rings is 3. The molecular formula is C33H36N2O7. The second-order valence-electron chi connectivity index (χ2n) is 10.2. The standard InChI is InChI=1S/C33H36N2O7/c1-7-30(37)35-24-11-9-8-10-22(24)34-23-14-20(21-17-28(40-4)33(42-6)29(18-21)41-5)15-25(36)31(23)32(35)19-12-13-26(38-2)27(16-19)39-3/h8-14,16-18,20,31-32,34H,7,15H2,1-6H3/t20-,31+,32+/m0/s1. The van der Waals surface area contributed by atoms with Gasteiger partial charge in [-0.3, -0.25) is 9.59 Å². The average molecular weight is 573 g/mol. The molecular weight excluding hydrogens is 536 g/mol. The second-order valence-corrected chi connectivity index (χ2v) is 10.2. The Bertz CT molecular complexity index is 1510. The highest BCUT2D eigenvalue weighted by atomic mass is 16.5. The van der Waals surface area contributed by atoms with Crippen molar-refractivity contribution in [3.8, 4) is 28.7 Å². The van der Waals surface area contributed by atoms with Crippen LogP contribution in [0.3, 0.4) is 0 Å². The third-order valence-electron chi connectivity index (χ3n) is 7.96. The number of Topliss-reactive ketones (excluding diaryl/α,β-unsaturated/α-hetero) is 1. The van der Waals surface area contributed by atoms with Crippen molar-refractivity contribution in [2.75, 3.05) is 45.8 Å². The number of para-hydroxylation sites is 2. The van der Waals surface area contributed by atoms with E-state index in [9.17, 15) is 9.59 Å². The van der Waals surface area contributed by atoms with E-state index in [0.29, 0.717) is 34.4 Å². The fraction of sp³-hybridized carbons (Fsp3) is 0.333. The van der Waals surface area contributed by atoms with Crippen LogP contribution in [0.2, 0.25) is 0 Å². The van der Waals surface area contributed by atoms with Crippen LogP contribution in [-0.2, 0) is 9.59 Å². The van der Waals surface area contributed by atoms with Crippen LogP contribution in [0.25, 0.3) is 0 Å². The number of allylic oxidation sites excluding steroid dienone is 1. The number of ether oxygens (including phenoxy) is 5. The topological polar surface area (TPSA) is 95.6 Å². The molecule has 3 aromatic carbocycles. The summed E-state index contributed by atoms with van der Waals surface area (Å²) in [5.74, 6) is 1.60. The number of hydrogen-bond acceptors (Lipinski definition) is 8. The molecule has 0 spiro atoms. The van der Waals surface area contributed by atoms with Crippen LogP contribution >= 0.6 is 0 Å². The van der Waals surface area contributed by atoms with Crippen LogP contribution in [0.1, 0.15) is 42.9 Å². The predicted molar refractivity (Wildman–Crippen MR) is 160 cm³/mol. The summed E-state index contributed by atoms with van der Waals surface area (Å²) in [6.07, 6.45) is 2.58. The number of hydrogen-bond donors (Lipinski definition) is 1. The van der Waals surface area contributed by atoms with Crippen molar-refractivity contribution in [1.82, 2.24) is 0 Å². The van der Waals surface area contributed by atoms with Crippen LogP contribution in [0.5, 0.6) is 28.7 Å². The number of methoxy groups -OCH3 is 5. The quantitative estimate of drug-likeness (QED) is 0.357. The van der Waals surface area contributed by atoms with Crippen molar-refractivity contribution in [3.63, 3.8) is 0 Å². The highest BCUT2D eigenvalue weighted by molar-refractivity contribution is 6.01. The van der Waals surface area contributed by atoms with Crippen molar-refractivity contribution in [1.29, 1.82) is 0 Å². The molecule has 1 aliphatic carbocycles. The summed E-state index contributed by atoms with van der Waals surface area (Å²) in [6.45, 7) is 1.83. The van der Waals surface area contributed by atoms with Gasteiger partial charge in [0, 0.05) is 24.5 Å². The number of nitrogens with zero attached hydrogens (tertiary/aromatic N) is 1. The maximum atomic E-state index is 14.3. The Morgan fingerprint density at radius 3 is 2.10 bits per heavy atom. The minimum atomic E-state index is -0.649. The van der Waals surface area contributed by atoms with Gasteiger partial charge in [0.2, 0.25) is 11.7 Å². The molecule has 0 bridgehead atoms. The van der Waals surface area contributed by atoms with Crippen molar-refractivity contribution in [3.05, 3.63) is 77.5 Å². The van der Waals surface area contributed by atoms with E-state index in [0.717, 1.165) is 22.5 Å². The Morgan fingerprint density at radius 1 is 0.833 bits per heavy atom. The molecule has 0 saturated heterocycles. The number of amides is 1. The molecule has 0 aromatic heterocycles. The third-order valence-corrected chi connectivity index (χ3v) is 7.96. The van der Waals surface area contributed by atoms with Gasteiger partial charge in [0.1, 0.15) is 5.78 Å². The van der Waals surface area contributed by atoms with E-state index in [1.54, 1.807) is 40.4 Å². The molecule has 0 fully saturated rings. The highest BCUT2D eigenvalue weighted by Gasteiger charge is 2.45. The van der Waals surface area contributed by atoms with Gasteiger partial charge in [-0.05, 0) is 47.5 Å². The first-order valence-electron chi connectivity index (χ1n) is 13.8. The minimum Gasteiger partial charge on any atom is -0.493 e. The van der Waals surface area contributed by atoms with E-state index in [2.05, 4.69) is 11.4 Å². The molecule has 42 heavy (non-hydrogen) atoms. The average Bonchev–Trinajstić information content (AvgIpc) is 3.17. The highest BCUT2D eigenvalue weighted by Crippen LogP contribution is 2.50. The Morgan fingerprint density at radius 2 is 1.48 bits per heavy atom. The van der Waals surface area contributed by atoms with Crippen molar-refractivity contribution in [2.45, 2.75) is 31.7 Å². The van der Waals surface area contributed by atoms with Gasteiger partial charge in [0.25, 0.3) is 0 Å². The molecule has 1 aliphatic heterocycles. The molecule has 0 saturated carbocycles. The van der Waals surface area contributed by atoms with Gasteiger partial charge in [0.15, 0.2) is 23.0 Å². The lowest BCUT2D eigenvalue weighted by atomic mass is 9.76. The number of carbonyl (C=O) groups excluding carboxylic acids is 2. The summed E-state index contributed by atoms with van der Waals surface area (Å²) in [6, 6.07) is 16.3. The molecule has 1 N–H and O–H groups in total. The van der Waals surface area contributed by atoms with Gasteiger partial charge in [-0.15, -0.1) is 0 Å². The largest absolute Gasteiger partial charge is 0.493 e. The van der Waals surface area contributed by atoms with E-state index in [4.69, 9.17) is 23.7 Å². The number of carbonyl (C=O) groups is 2. The van der Waals surface area contributed by atoms with Crippen molar-refractivity contribution in [2.24, 2.45) is 5.92 Å². The van der Waals surface area contributed by atoms with Gasteiger partial charge in [-0.25, -0.2) is 0 Å². The smallest absolute Gasteiger partial charge is 0.227 e. The number of fused-ring (bicyclic) bond motifs is 2. The lowest BCUT2D eigenvalue weighted by Crippen LogP contribution is -2.42. The van der Waals surface area contributed by atoms with E-state index in [-0.39, 0.29) is 30.4 Å². The summed E-state index contributed by atoms with van der Waals surface area (Å²) in [5, 5.41) is 3.53. The Balaban J connectivity index is 1.71. The normalized spacial score (nSPS) is 19.4. The van der Waals surface area contributed by atoms with E-state index in [1.807, 2.05) is 61.5 Å². The lowest BCUT2D eigenvalue weighted by Gasteiger charge is -2.37. The molecule has 220 valence electrons. The molecule has 9 nitrogen and oxygen atoms in total. The van der Waals surface area contributed by atoms with Crippen LogP contribution in [0.4, 0.5) is 11.4 Å². The zero-order valence-electron chi connectivity index (χ0n) is 24.7. The predicted octanol–water partition coefficient (Wildman–Crippen LogP) is 5.90. The monoisotopic (exact) mass is 572 g/mol. The van der Waals surface area contributed by atoms with Gasteiger partial charge in [-0.1, -0.05) is 31.2 Å². The molecule has 5 rings (SSSR count). The second kappa shape index (κ2) is 12.1.